The second kappa shape index (κ2) is 28.7. The monoisotopic (exact) mass is 1410 g/mol. The van der Waals surface area contributed by atoms with Gasteiger partial charge in [-0.3, -0.25) is 33.6 Å². The maximum Gasteiger partial charge on any atom is 0.417 e. The Kier molecular flexibility index (Phi) is 20.8. The summed E-state index contributed by atoms with van der Waals surface area (Å²) >= 11 is 0. The molecule has 9 aromatic carbocycles. The molecule has 18 nitrogen and oxygen atoms in total. The van der Waals surface area contributed by atoms with Gasteiger partial charge in [0.05, 0.1) is 55.6 Å². The molecule has 0 fully saturated rings. The zero-order valence-corrected chi connectivity index (χ0v) is 54.0. The number of nitrogens with two attached hydrogens (primary N) is 1. The van der Waals surface area contributed by atoms with Crippen LogP contribution in [0.4, 0.5) is 50.9 Å². The van der Waals surface area contributed by atoms with E-state index >= 15 is 13.2 Å². The molecule has 0 spiro atoms. The summed E-state index contributed by atoms with van der Waals surface area (Å²) in [6, 6.07) is 31.5. The Morgan fingerprint density at radius 2 is 0.735 bits per heavy atom. The number of rotatable bonds is 21. The number of carboxylic acids is 3. The number of hydrogen-bond acceptors (Lipinski definition) is 10. The molecule has 0 saturated carbocycles. The molecule has 9 rings (SSSR count). The Morgan fingerprint density at radius 3 is 1.14 bits per heavy atom. The zero-order chi connectivity index (χ0) is 74.8. The first-order valence-electron chi connectivity index (χ1n) is 30.3. The molecule has 1 unspecified atom stereocenters. The first-order chi connectivity index (χ1) is 47.8. The Hall–Kier alpha value is -12.6. The van der Waals surface area contributed by atoms with Gasteiger partial charge in [-0.1, -0.05) is 91.0 Å². The fourth-order valence-electron chi connectivity index (χ4n) is 11.7. The highest BCUT2D eigenvalue weighted by atomic mass is 19.4. The van der Waals surface area contributed by atoms with Crippen molar-refractivity contribution in [2.45, 2.75) is 57.6 Å². The lowest BCUT2D eigenvalue weighted by molar-refractivity contribution is -0.173. The van der Waals surface area contributed by atoms with Crippen LogP contribution in [0.2, 0.25) is 0 Å². The molecule has 522 valence electrons. The summed E-state index contributed by atoms with van der Waals surface area (Å²) in [4.78, 5) is 129. The van der Waals surface area contributed by atoms with Gasteiger partial charge in [-0.25, -0.2) is 14.4 Å². The van der Waals surface area contributed by atoms with Crippen LogP contribution in [0.25, 0.3) is 33.4 Å². The topological polar surface area (TPSA) is 306 Å². The highest BCUT2D eigenvalue weighted by molar-refractivity contribution is 6.14. The minimum atomic E-state index is -5.24. The van der Waals surface area contributed by atoms with Gasteiger partial charge in [0.1, 0.15) is 5.41 Å². The van der Waals surface area contributed by atoms with Crippen LogP contribution < -0.4 is 27.0 Å². The van der Waals surface area contributed by atoms with E-state index in [2.05, 4.69) is 21.3 Å². The summed E-state index contributed by atoms with van der Waals surface area (Å²) in [5, 5.41) is 38.5. The Bertz CT molecular complexity index is 5010. The fourth-order valence-corrected chi connectivity index (χ4v) is 11.7. The Labute approximate surface area is 573 Å². The molecule has 0 bridgehead atoms. The number of primary amides is 1. The van der Waals surface area contributed by atoms with Gasteiger partial charge in [0.25, 0.3) is 23.6 Å². The molecule has 1 atom stereocenters. The predicted octanol–water partition coefficient (Wildman–Crippen LogP) is 14.5. The lowest BCUT2D eigenvalue weighted by Crippen LogP contribution is -2.41. The van der Waals surface area contributed by atoms with Crippen molar-refractivity contribution in [1.29, 1.82) is 0 Å². The first-order valence-corrected chi connectivity index (χ1v) is 30.3. The van der Waals surface area contributed by atoms with E-state index in [-0.39, 0.29) is 84.4 Å². The maximum absolute atomic E-state index is 15.3. The molecule has 0 aliphatic carbocycles. The number of hydrogen-bond donors (Lipinski definition) is 8. The third-order valence-electron chi connectivity index (χ3n) is 17.1. The second-order valence-corrected chi connectivity index (χ2v) is 23.6. The molecule has 5 amide bonds. The number of aryl methyl sites for hydroxylation is 2. The van der Waals surface area contributed by atoms with E-state index in [1.807, 2.05) is 0 Å². The smallest absolute Gasteiger partial charge is 0.417 e. The molecule has 0 aliphatic rings. The number of carboxylic acid groups (broad SMARTS) is 3. The van der Waals surface area contributed by atoms with Crippen LogP contribution in [0.15, 0.2) is 170 Å². The summed E-state index contributed by atoms with van der Waals surface area (Å²) in [6.45, 7) is 3.61. The largest absolute Gasteiger partial charge is 0.478 e. The van der Waals surface area contributed by atoms with Gasteiger partial charge in [0.2, 0.25) is 5.91 Å². The molecule has 9 N–H and O–H groups in total. The molecule has 0 aromatic heterocycles. The molecule has 0 radical (unpaired) electrons. The summed E-state index contributed by atoms with van der Waals surface area (Å²) in [5.41, 5.74) is -4.90. The number of nitrogens with one attached hydrogen (secondary N) is 4. The third-order valence-corrected chi connectivity index (χ3v) is 17.1. The van der Waals surface area contributed by atoms with Crippen molar-refractivity contribution in [3.05, 3.63) is 270 Å². The van der Waals surface area contributed by atoms with Crippen LogP contribution in [0, 0.1) is 13.8 Å². The van der Waals surface area contributed by atoms with Gasteiger partial charge >= 0.3 is 36.4 Å². The van der Waals surface area contributed by atoms with Crippen LogP contribution in [-0.4, -0.2) is 94.6 Å². The average Bonchev–Trinajstić information content (AvgIpc) is 0.742. The minimum Gasteiger partial charge on any atom is -0.478 e. The van der Waals surface area contributed by atoms with Gasteiger partial charge in [-0.15, -0.1) is 0 Å². The maximum atomic E-state index is 15.3. The van der Waals surface area contributed by atoms with Crippen molar-refractivity contribution in [2.24, 2.45) is 5.73 Å². The van der Waals surface area contributed by atoms with Crippen LogP contribution >= 0.6 is 0 Å². The van der Waals surface area contributed by atoms with E-state index in [0.717, 1.165) is 55.6 Å². The summed E-state index contributed by atoms with van der Waals surface area (Å²) in [7, 11) is 2.42. The number of aromatic carboxylic acids is 3. The first kappa shape index (κ1) is 73.7. The number of halogens is 9. The standard InChI is InChI=1S/C75H56F9N5O13/c1-36-26-38(6-18-48(36)51-25-17-47(35-61(51)74(79,80)81)89-68(96)58-33-44(14-22-52(58)64(85)92)72(3,75(82,83)84)45-15-23-55(71(101)102)59(34-45)66(94)87-5)29-62(90)40-8-10-41(11-9-40)63(91)30-39-7-19-50(60(28-39)73(76,77)78)49-24-16-46(27-37(49)2)88-67(95)57-32-43(13-21-54(57)70(99)100)42-12-20-53(69(97)98)56(31-42)65(93)86-4/h6-28,31-35H,29-30H2,1-5H3,(H2,85,92)(H,86,93)(H,87,94)(H,88,95)(H,89,96)(H,97,98)(H,99,100)(H,101,102). The van der Waals surface area contributed by atoms with Crippen LogP contribution in [-0.2, 0) is 30.6 Å². The van der Waals surface area contributed by atoms with Crippen molar-refractivity contribution in [2.75, 3.05) is 24.7 Å². The number of benzene rings is 9. The predicted molar refractivity (Wildman–Crippen MR) is 355 cm³/mol. The van der Waals surface area contributed by atoms with Crippen molar-refractivity contribution in [3.8, 4) is 33.4 Å². The average molecular weight is 1410 g/mol. The van der Waals surface area contributed by atoms with Crippen LogP contribution in [0.5, 0.6) is 0 Å². The van der Waals surface area contributed by atoms with E-state index < -0.39 is 151 Å². The second-order valence-electron chi connectivity index (χ2n) is 23.6. The quantitative estimate of drug-likeness (QED) is 0.0245. The van der Waals surface area contributed by atoms with Gasteiger partial charge in [0.15, 0.2) is 11.6 Å². The molecule has 0 heterocycles. The summed E-state index contributed by atoms with van der Waals surface area (Å²) < 4.78 is 135. The lowest BCUT2D eigenvalue weighted by atomic mass is 9.74. The zero-order valence-electron chi connectivity index (χ0n) is 54.0. The number of anilines is 2. The van der Waals surface area contributed by atoms with Gasteiger partial charge in [-0.2, -0.15) is 39.5 Å². The van der Waals surface area contributed by atoms with Gasteiger partial charge < -0.3 is 42.3 Å². The van der Waals surface area contributed by atoms with E-state index in [9.17, 15) is 89.6 Å². The number of Topliss-reactive ketones (excluding diaryl/α,β-unsaturated/α-hetero) is 2. The van der Waals surface area contributed by atoms with Crippen molar-refractivity contribution in [1.82, 2.24) is 10.6 Å². The van der Waals surface area contributed by atoms with E-state index in [1.54, 1.807) is 0 Å². The molecule has 9 aromatic rings. The van der Waals surface area contributed by atoms with E-state index in [4.69, 9.17) is 5.73 Å². The summed E-state index contributed by atoms with van der Waals surface area (Å²) in [6.07, 6.45) is -16.1. The highest BCUT2D eigenvalue weighted by Crippen LogP contribution is 2.48. The Balaban J connectivity index is 0.877. The molecular weight excluding hydrogens is 1350 g/mol. The Morgan fingerprint density at radius 1 is 0.382 bits per heavy atom. The van der Waals surface area contributed by atoms with E-state index in [0.29, 0.717) is 30.7 Å². The highest BCUT2D eigenvalue weighted by Gasteiger charge is 2.54. The number of ketones is 2. The van der Waals surface area contributed by atoms with Gasteiger partial charge in [0, 0.05) is 49.4 Å². The SMILES string of the molecule is CNC(=O)c1cc(-c2ccc(C(=O)O)c(C(=O)Nc3ccc(-c4ccc(CC(=O)c5ccc(C(=O)Cc6ccc(-c7ccc(NC(=O)c8cc(C(C)(c9ccc(C(=O)O)c(C(=O)NC)c9)C(F)(F)F)ccc8C(N)=O)cc7C(F)(F)F)c(C)c6)cc5)cc4C(F)(F)F)c(C)c3)c2)ccc1C(=O)O. The number of carbonyl (C=O) groups is 10. The van der Waals surface area contributed by atoms with Crippen LogP contribution in [0.3, 0.4) is 0 Å². The van der Waals surface area contributed by atoms with Crippen molar-refractivity contribution >= 4 is 70.4 Å². The minimum absolute atomic E-state index is 0.0232. The third kappa shape index (κ3) is 15.3. The number of alkyl halides is 9. The lowest BCUT2D eigenvalue weighted by Gasteiger charge is -2.34. The molecule has 102 heavy (non-hydrogen) atoms. The molecule has 27 heteroatoms. The number of carbonyl (C=O) groups excluding carboxylic acids is 7. The van der Waals surface area contributed by atoms with Gasteiger partial charge in [-0.05, 0) is 166 Å². The van der Waals surface area contributed by atoms with Crippen molar-refractivity contribution < 1.29 is 103 Å². The van der Waals surface area contributed by atoms with Crippen molar-refractivity contribution in [3.63, 3.8) is 0 Å². The molecule has 0 saturated heterocycles. The van der Waals surface area contributed by atoms with E-state index in [1.165, 1.54) is 124 Å². The number of amides is 5. The molecule has 0 aliphatic heterocycles. The fraction of sp³-hybridized carbons (Fsp3) is 0.147. The summed E-state index contributed by atoms with van der Waals surface area (Å²) in [5.74, 6) is -10.9. The normalized spacial score (nSPS) is 12.1. The van der Waals surface area contributed by atoms with Crippen LogP contribution in [0.1, 0.15) is 155 Å². The molecular formula is C75H56F9N5O13.